The third-order valence-electron chi connectivity index (χ3n) is 2.60. The van der Waals surface area contributed by atoms with Crippen molar-refractivity contribution in [3.63, 3.8) is 0 Å². The van der Waals surface area contributed by atoms with Gasteiger partial charge in [0.05, 0.1) is 5.08 Å². The molecule has 2 aliphatic rings. The summed E-state index contributed by atoms with van der Waals surface area (Å²) in [6, 6.07) is 0. The summed E-state index contributed by atoms with van der Waals surface area (Å²) < 4.78 is 5.03. The van der Waals surface area contributed by atoms with Gasteiger partial charge in [0.2, 0.25) is 0 Å². The molecule has 2 rings (SSSR count). The van der Waals surface area contributed by atoms with Gasteiger partial charge in [-0.25, -0.2) is 8.61 Å². The molecule has 0 bridgehead atoms. The maximum atomic E-state index is 2.52. The Balaban J connectivity index is 1.52. The van der Waals surface area contributed by atoms with Gasteiger partial charge in [0.15, 0.2) is 0 Å². The van der Waals surface area contributed by atoms with Crippen LogP contribution in [0.2, 0.25) is 0 Å². The van der Waals surface area contributed by atoms with E-state index in [1.807, 2.05) is 23.9 Å². The maximum Gasteiger partial charge on any atom is 0.0687 e. The molecule has 0 radical (unpaired) electrons. The molecule has 76 valence electrons. The molecule has 0 aromatic carbocycles. The second kappa shape index (κ2) is 5.49. The lowest BCUT2D eigenvalue weighted by Crippen LogP contribution is -2.13. The van der Waals surface area contributed by atoms with Crippen LogP contribution >= 0.6 is 23.9 Å². The van der Waals surface area contributed by atoms with Gasteiger partial charge < -0.3 is 0 Å². The molecule has 0 aromatic rings. The lowest BCUT2D eigenvalue weighted by atomic mass is 10.4. The van der Waals surface area contributed by atoms with Gasteiger partial charge in [0.25, 0.3) is 0 Å². The van der Waals surface area contributed by atoms with E-state index in [1.54, 1.807) is 0 Å². The first-order valence-electron chi connectivity index (χ1n) is 5.21. The van der Waals surface area contributed by atoms with Crippen LogP contribution in [0, 0.1) is 0 Å². The van der Waals surface area contributed by atoms with Crippen LogP contribution in [-0.2, 0) is 0 Å². The molecule has 0 spiro atoms. The first kappa shape index (κ1) is 10.1. The summed E-state index contributed by atoms with van der Waals surface area (Å²) in [4.78, 5) is 0. The molecule has 2 fully saturated rings. The van der Waals surface area contributed by atoms with Crippen molar-refractivity contribution < 1.29 is 0 Å². The Kier molecular flexibility index (Phi) is 4.28. The molecule has 13 heavy (non-hydrogen) atoms. The highest BCUT2D eigenvalue weighted by Gasteiger charge is 2.14. The maximum absolute atomic E-state index is 2.52. The fourth-order valence-electron chi connectivity index (χ4n) is 1.81. The normalized spacial score (nSPS) is 25.8. The van der Waals surface area contributed by atoms with E-state index in [9.17, 15) is 0 Å². The predicted octanol–water partition coefficient (Wildman–Crippen LogP) is 2.43. The predicted molar refractivity (Wildman–Crippen MR) is 61.7 cm³/mol. The average Bonchev–Trinajstić information content (AvgIpc) is 2.75. The third kappa shape index (κ3) is 3.35. The van der Waals surface area contributed by atoms with Gasteiger partial charge in [-0.1, -0.05) is 23.9 Å². The van der Waals surface area contributed by atoms with Gasteiger partial charge in [-0.2, -0.15) is 0 Å². The highest BCUT2D eigenvalue weighted by Crippen LogP contribution is 2.26. The minimum absolute atomic E-state index is 1.22. The zero-order chi connectivity index (χ0) is 8.93. The van der Waals surface area contributed by atoms with Crippen LogP contribution in [0.25, 0.3) is 0 Å². The summed E-state index contributed by atoms with van der Waals surface area (Å²) in [5.74, 6) is 0. The first-order chi connectivity index (χ1) is 6.45. The highest BCUT2D eigenvalue weighted by atomic mass is 32.2. The molecule has 2 nitrogen and oxygen atoms in total. The summed E-state index contributed by atoms with van der Waals surface area (Å²) >= 11 is 4.05. The monoisotopic (exact) mass is 218 g/mol. The minimum atomic E-state index is 1.22. The number of hydrogen-bond acceptors (Lipinski definition) is 4. The first-order valence-corrected chi connectivity index (χ1v) is 7.09. The van der Waals surface area contributed by atoms with E-state index >= 15 is 0 Å². The Labute approximate surface area is 89.7 Å². The number of hydrogen-bond donors (Lipinski definition) is 0. The Morgan fingerprint density at radius 3 is 1.46 bits per heavy atom. The highest BCUT2D eigenvalue weighted by molar-refractivity contribution is 8.13. The molecule has 2 aliphatic heterocycles. The quantitative estimate of drug-likeness (QED) is 0.528. The van der Waals surface area contributed by atoms with Crippen LogP contribution in [0.4, 0.5) is 0 Å². The number of rotatable bonds is 4. The van der Waals surface area contributed by atoms with Crippen molar-refractivity contribution in [2.24, 2.45) is 0 Å². The van der Waals surface area contributed by atoms with Crippen molar-refractivity contribution in [1.29, 1.82) is 0 Å². The molecule has 0 atom stereocenters. The largest absolute Gasteiger partial charge is 0.250 e. The van der Waals surface area contributed by atoms with E-state index in [2.05, 4.69) is 8.61 Å². The molecule has 0 N–H and O–H groups in total. The SMILES string of the molecule is C1CCN(SCSN2CCCC2)C1. The summed E-state index contributed by atoms with van der Waals surface area (Å²) in [7, 11) is 0. The van der Waals surface area contributed by atoms with Crippen LogP contribution in [0.15, 0.2) is 0 Å². The molecule has 2 heterocycles. The second-order valence-corrected chi connectivity index (χ2v) is 6.14. The molecular weight excluding hydrogens is 200 g/mol. The van der Waals surface area contributed by atoms with Crippen LogP contribution in [0.1, 0.15) is 25.7 Å². The molecule has 0 aromatic heterocycles. The molecule has 0 unspecified atom stereocenters. The molecular formula is C9H18N2S2. The van der Waals surface area contributed by atoms with Crippen molar-refractivity contribution >= 4 is 23.9 Å². The molecule has 2 saturated heterocycles. The second-order valence-electron chi connectivity index (χ2n) is 3.65. The minimum Gasteiger partial charge on any atom is -0.250 e. The van der Waals surface area contributed by atoms with E-state index in [0.717, 1.165) is 0 Å². The summed E-state index contributed by atoms with van der Waals surface area (Å²) in [6.45, 7) is 5.24. The lowest BCUT2D eigenvalue weighted by Gasteiger charge is -2.16. The van der Waals surface area contributed by atoms with Gasteiger partial charge in [0.1, 0.15) is 0 Å². The van der Waals surface area contributed by atoms with Crippen molar-refractivity contribution in [2.75, 3.05) is 31.3 Å². The third-order valence-corrected chi connectivity index (χ3v) is 4.90. The zero-order valence-corrected chi connectivity index (χ0v) is 9.71. The lowest BCUT2D eigenvalue weighted by molar-refractivity contribution is 0.582. The van der Waals surface area contributed by atoms with Crippen LogP contribution < -0.4 is 0 Å². The summed E-state index contributed by atoms with van der Waals surface area (Å²) in [6.07, 6.45) is 5.62. The van der Waals surface area contributed by atoms with Crippen molar-refractivity contribution in [3.05, 3.63) is 0 Å². The van der Waals surface area contributed by atoms with E-state index < -0.39 is 0 Å². The van der Waals surface area contributed by atoms with Crippen LogP contribution in [0.3, 0.4) is 0 Å². The van der Waals surface area contributed by atoms with Crippen molar-refractivity contribution in [1.82, 2.24) is 8.61 Å². The Morgan fingerprint density at radius 2 is 1.08 bits per heavy atom. The van der Waals surface area contributed by atoms with E-state index in [-0.39, 0.29) is 0 Å². The topological polar surface area (TPSA) is 6.48 Å². The van der Waals surface area contributed by atoms with E-state index in [1.165, 1.54) is 56.9 Å². The fourth-order valence-corrected chi connectivity index (χ4v) is 4.22. The molecule has 0 aliphatic carbocycles. The van der Waals surface area contributed by atoms with Crippen LogP contribution in [-0.4, -0.2) is 39.9 Å². The Morgan fingerprint density at radius 1 is 0.692 bits per heavy atom. The van der Waals surface area contributed by atoms with Gasteiger partial charge in [-0.3, -0.25) is 0 Å². The van der Waals surface area contributed by atoms with Gasteiger partial charge >= 0.3 is 0 Å². The van der Waals surface area contributed by atoms with Crippen molar-refractivity contribution in [3.8, 4) is 0 Å². The molecule has 4 heteroatoms. The zero-order valence-electron chi connectivity index (χ0n) is 8.07. The Hall–Kier alpha value is 0.620. The standard InChI is InChI=1S/C9H18N2S2/c1-2-6-10(5-1)12-9-13-11-7-3-4-8-11/h1-9H2. The van der Waals surface area contributed by atoms with Crippen LogP contribution in [0.5, 0.6) is 0 Å². The summed E-state index contributed by atoms with van der Waals surface area (Å²) in [5, 5.41) is 1.22. The molecule has 0 amide bonds. The molecule has 0 saturated carbocycles. The van der Waals surface area contributed by atoms with Gasteiger partial charge in [-0.15, -0.1) is 0 Å². The van der Waals surface area contributed by atoms with E-state index in [4.69, 9.17) is 0 Å². The summed E-state index contributed by atoms with van der Waals surface area (Å²) in [5.41, 5.74) is 0. The van der Waals surface area contributed by atoms with Gasteiger partial charge in [-0.05, 0) is 25.7 Å². The van der Waals surface area contributed by atoms with E-state index in [0.29, 0.717) is 0 Å². The number of nitrogens with zero attached hydrogens (tertiary/aromatic N) is 2. The fraction of sp³-hybridized carbons (Fsp3) is 1.00. The smallest absolute Gasteiger partial charge is 0.0687 e. The van der Waals surface area contributed by atoms with Gasteiger partial charge in [0, 0.05) is 26.2 Å². The average molecular weight is 218 g/mol. The Bertz CT molecular complexity index is 127. The van der Waals surface area contributed by atoms with Crippen molar-refractivity contribution in [2.45, 2.75) is 25.7 Å².